The van der Waals surface area contributed by atoms with Crippen LogP contribution in [0.2, 0.25) is 0 Å². The van der Waals surface area contributed by atoms with Crippen LogP contribution in [0.25, 0.3) is 0 Å². The Kier molecular flexibility index (Phi) is 8.14. The topological polar surface area (TPSA) is 95.1 Å². The van der Waals surface area contributed by atoms with Crippen LogP contribution in [0.1, 0.15) is 34.5 Å². The summed E-state index contributed by atoms with van der Waals surface area (Å²) in [6.07, 6.45) is -3.18. The van der Waals surface area contributed by atoms with E-state index in [9.17, 15) is 28.0 Å². The third kappa shape index (κ3) is 6.03. The number of nitrogens with one attached hydrogen (secondary N) is 2. The van der Waals surface area contributed by atoms with Gasteiger partial charge in [0.25, 0.3) is 5.91 Å². The number of nitriles is 1. The van der Waals surface area contributed by atoms with Crippen molar-refractivity contribution in [2.45, 2.75) is 19.0 Å². The first-order valence-electron chi connectivity index (χ1n) is 11.1. The Morgan fingerprint density at radius 1 is 1.16 bits per heavy atom. The minimum absolute atomic E-state index is 0.0268. The van der Waals surface area contributed by atoms with Crippen molar-refractivity contribution in [2.75, 3.05) is 11.1 Å². The van der Waals surface area contributed by atoms with Crippen LogP contribution in [-0.4, -0.2) is 17.4 Å². The van der Waals surface area contributed by atoms with E-state index in [2.05, 4.69) is 32.6 Å². The first-order chi connectivity index (χ1) is 18.1. The van der Waals surface area contributed by atoms with Gasteiger partial charge in [0.2, 0.25) is 0 Å². The van der Waals surface area contributed by atoms with Crippen LogP contribution < -0.4 is 10.6 Å². The highest BCUT2D eigenvalue weighted by molar-refractivity contribution is 9.10. The fourth-order valence-corrected chi connectivity index (χ4v) is 5.15. The maximum Gasteiger partial charge on any atom is 0.416 e. The van der Waals surface area contributed by atoms with Gasteiger partial charge in [0, 0.05) is 21.4 Å². The molecular formula is C27H19BrF3N3O3S. The number of rotatable bonds is 7. The van der Waals surface area contributed by atoms with E-state index in [0.29, 0.717) is 22.0 Å². The number of hydrogen-bond acceptors (Lipinski definition) is 6. The molecule has 1 amide bonds. The summed E-state index contributed by atoms with van der Waals surface area (Å²) in [4.78, 5) is 26.1. The van der Waals surface area contributed by atoms with Crippen molar-refractivity contribution in [2.24, 2.45) is 0 Å². The molecule has 11 heteroatoms. The predicted molar refractivity (Wildman–Crippen MR) is 141 cm³/mol. The molecule has 0 saturated heterocycles. The number of carbonyl (C=O) groups is 2. The van der Waals surface area contributed by atoms with Crippen molar-refractivity contribution in [1.29, 1.82) is 5.26 Å². The molecule has 0 aliphatic carbocycles. The van der Waals surface area contributed by atoms with Crippen molar-refractivity contribution < 1.29 is 27.2 Å². The maximum atomic E-state index is 13.4. The summed E-state index contributed by atoms with van der Waals surface area (Å²) in [5, 5.41) is 16.0. The summed E-state index contributed by atoms with van der Waals surface area (Å²) in [5.74, 6) is -1.46. The average Bonchev–Trinajstić information content (AvgIpc) is 3.41. The lowest BCUT2D eigenvalue weighted by Gasteiger charge is -2.28. The van der Waals surface area contributed by atoms with Crippen LogP contribution in [0.5, 0.6) is 0 Å². The number of nitrogens with zero attached hydrogens (tertiary/aromatic N) is 1. The lowest BCUT2D eigenvalue weighted by molar-refractivity contribution is -0.137. The van der Waals surface area contributed by atoms with E-state index in [4.69, 9.17) is 4.42 Å². The van der Waals surface area contributed by atoms with Gasteiger partial charge < -0.3 is 15.1 Å². The molecule has 194 valence electrons. The van der Waals surface area contributed by atoms with E-state index in [0.717, 1.165) is 28.4 Å². The Morgan fingerprint density at radius 2 is 1.89 bits per heavy atom. The number of ketones is 1. The van der Waals surface area contributed by atoms with Crippen LogP contribution in [-0.2, 0) is 11.0 Å². The summed E-state index contributed by atoms with van der Waals surface area (Å²) in [5.41, 5.74) is 0.175. The highest BCUT2D eigenvalue weighted by Crippen LogP contribution is 2.41. The first-order valence-corrected chi connectivity index (χ1v) is 12.9. The number of amides is 1. The van der Waals surface area contributed by atoms with Gasteiger partial charge in [0.05, 0.1) is 45.7 Å². The van der Waals surface area contributed by atoms with Gasteiger partial charge in [0.1, 0.15) is 5.76 Å². The van der Waals surface area contributed by atoms with E-state index >= 15 is 0 Å². The zero-order valence-corrected chi connectivity index (χ0v) is 22.1. The number of furan rings is 1. The summed E-state index contributed by atoms with van der Waals surface area (Å²) in [6.45, 7) is 1.61. The molecule has 2 N–H and O–H groups in total. The number of anilines is 1. The number of carbonyl (C=O) groups excluding carboxylic acids is 2. The van der Waals surface area contributed by atoms with E-state index in [1.807, 2.05) is 0 Å². The number of alkyl halides is 3. The molecule has 6 nitrogen and oxygen atoms in total. The van der Waals surface area contributed by atoms with Crippen LogP contribution in [0.15, 0.2) is 97.7 Å². The molecule has 3 aromatic rings. The second-order valence-corrected chi connectivity index (χ2v) is 10.1. The van der Waals surface area contributed by atoms with Crippen molar-refractivity contribution >= 4 is 45.1 Å². The number of thioether (sulfide) groups is 1. The zero-order chi connectivity index (χ0) is 27.4. The Labute approximate surface area is 228 Å². The number of halogens is 4. The van der Waals surface area contributed by atoms with Gasteiger partial charge in [-0.25, -0.2) is 0 Å². The Bertz CT molecular complexity index is 1470. The second-order valence-electron chi connectivity index (χ2n) is 8.22. The predicted octanol–water partition coefficient (Wildman–Crippen LogP) is 7.01. The van der Waals surface area contributed by atoms with Gasteiger partial charge >= 0.3 is 6.18 Å². The SMILES string of the molecule is CC1=C(C(=O)Nc2cccc(C(F)(F)F)c2)C(c2ccco2)C(C#N)=C(SCC(=O)c2ccc(Br)cc2)N1. The molecule has 1 unspecified atom stereocenters. The Hall–Kier alpha value is -3.75. The molecule has 0 spiro atoms. The molecular weight excluding hydrogens is 583 g/mol. The average molecular weight is 602 g/mol. The maximum absolute atomic E-state index is 13.4. The molecule has 4 rings (SSSR count). The molecule has 2 heterocycles. The van der Waals surface area contributed by atoms with Gasteiger partial charge in [0.15, 0.2) is 5.78 Å². The summed E-state index contributed by atoms with van der Waals surface area (Å²) < 4.78 is 45.8. The quantitative estimate of drug-likeness (QED) is 0.283. The zero-order valence-electron chi connectivity index (χ0n) is 19.7. The van der Waals surface area contributed by atoms with Gasteiger partial charge in [-0.15, -0.1) is 0 Å². The van der Waals surface area contributed by atoms with Crippen LogP contribution in [0, 0.1) is 11.3 Å². The van der Waals surface area contributed by atoms with Crippen molar-refractivity contribution in [1.82, 2.24) is 5.32 Å². The second kappa shape index (κ2) is 11.3. The smallest absolute Gasteiger partial charge is 0.416 e. The van der Waals surface area contributed by atoms with Crippen molar-refractivity contribution in [3.8, 4) is 6.07 Å². The Balaban J connectivity index is 1.63. The normalized spacial score (nSPS) is 15.6. The van der Waals surface area contributed by atoms with Gasteiger partial charge in [-0.1, -0.05) is 45.9 Å². The first kappa shape index (κ1) is 27.3. The molecule has 0 radical (unpaired) electrons. The monoisotopic (exact) mass is 601 g/mol. The lowest BCUT2D eigenvalue weighted by atomic mass is 9.85. The van der Waals surface area contributed by atoms with Gasteiger partial charge in [-0.05, 0) is 49.4 Å². The van der Waals surface area contributed by atoms with Crippen LogP contribution in [0.3, 0.4) is 0 Å². The van der Waals surface area contributed by atoms with Crippen LogP contribution >= 0.6 is 27.7 Å². The molecule has 0 fully saturated rings. The summed E-state index contributed by atoms with van der Waals surface area (Å²) in [7, 11) is 0. The van der Waals surface area contributed by atoms with Gasteiger partial charge in [-0.2, -0.15) is 18.4 Å². The van der Waals surface area contributed by atoms with E-state index in [-0.39, 0.29) is 28.4 Å². The van der Waals surface area contributed by atoms with Crippen molar-refractivity contribution in [3.05, 3.63) is 110 Å². The highest BCUT2D eigenvalue weighted by Gasteiger charge is 2.37. The van der Waals surface area contributed by atoms with Crippen molar-refractivity contribution in [3.63, 3.8) is 0 Å². The number of benzene rings is 2. The molecule has 2 aromatic carbocycles. The van der Waals surface area contributed by atoms with Crippen LogP contribution in [0.4, 0.5) is 18.9 Å². The summed E-state index contributed by atoms with van der Waals surface area (Å²) >= 11 is 4.45. The summed E-state index contributed by atoms with van der Waals surface area (Å²) in [6, 6.07) is 16.5. The fourth-order valence-electron chi connectivity index (χ4n) is 3.90. The van der Waals surface area contributed by atoms with E-state index < -0.39 is 23.6 Å². The minimum Gasteiger partial charge on any atom is -0.468 e. The molecule has 0 saturated carbocycles. The Morgan fingerprint density at radius 3 is 2.53 bits per heavy atom. The largest absolute Gasteiger partial charge is 0.468 e. The molecule has 1 atom stereocenters. The van der Waals surface area contributed by atoms with E-state index in [1.165, 1.54) is 18.4 Å². The third-order valence-electron chi connectivity index (χ3n) is 5.68. The number of dihydropyridines is 1. The molecule has 1 aromatic heterocycles. The number of hydrogen-bond donors (Lipinski definition) is 2. The fraction of sp³-hybridized carbons (Fsp3) is 0.148. The number of Topliss-reactive ketones (excluding diaryl/α,β-unsaturated/α-hetero) is 1. The van der Waals surface area contributed by atoms with Gasteiger partial charge in [-0.3, -0.25) is 9.59 Å². The third-order valence-corrected chi connectivity index (χ3v) is 7.23. The molecule has 1 aliphatic heterocycles. The van der Waals surface area contributed by atoms with E-state index in [1.54, 1.807) is 43.3 Å². The lowest BCUT2D eigenvalue weighted by Crippen LogP contribution is -2.30. The molecule has 1 aliphatic rings. The molecule has 38 heavy (non-hydrogen) atoms. The standard InChI is InChI=1S/C27H19BrF3N3O3S/c1-15-23(25(36)34-19-5-2-4-17(12-19)27(29,30)31)24(22-6-3-11-37-22)20(13-32)26(33-15)38-14-21(35)16-7-9-18(28)10-8-16/h2-12,24,33H,14H2,1H3,(H,34,36). The highest BCUT2D eigenvalue weighted by atomic mass is 79.9. The molecule has 0 bridgehead atoms. The number of allylic oxidation sites excluding steroid dienone is 2. The minimum atomic E-state index is -4.57.